The summed E-state index contributed by atoms with van der Waals surface area (Å²) in [5, 5.41) is 7.34. The first-order valence-corrected chi connectivity index (χ1v) is 8.74. The molecule has 5 nitrogen and oxygen atoms in total. The van der Waals surface area contributed by atoms with E-state index in [9.17, 15) is 0 Å². The molecule has 2 aromatic carbocycles. The number of rotatable bonds is 7. The molecule has 0 aliphatic rings. The third-order valence-corrected chi connectivity index (χ3v) is 4.21. The predicted molar refractivity (Wildman–Crippen MR) is 107 cm³/mol. The van der Waals surface area contributed by atoms with Crippen molar-refractivity contribution in [2.24, 2.45) is 0 Å². The van der Waals surface area contributed by atoms with Gasteiger partial charge in [-0.1, -0.05) is 23.7 Å². The first-order chi connectivity index (χ1) is 12.6. The van der Waals surface area contributed by atoms with Crippen LogP contribution in [0.2, 0.25) is 5.02 Å². The average molecular weight is 369 g/mol. The second kappa shape index (κ2) is 8.54. The van der Waals surface area contributed by atoms with E-state index in [2.05, 4.69) is 26.7 Å². The Bertz CT molecular complexity index is 885. The smallest absolute Gasteiger partial charge is 0.135 e. The molecule has 6 heteroatoms. The van der Waals surface area contributed by atoms with Crippen molar-refractivity contribution in [1.29, 1.82) is 0 Å². The van der Waals surface area contributed by atoms with Gasteiger partial charge in [0.1, 0.15) is 23.7 Å². The summed E-state index contributed by atoms with van der Waals surface area (Å²) in [4.78, 5) is 8.55. The van der Waals surface area contributed by atoms with E-state index >= 15 is 0 Å². The molecule has 26 heavy (non-hydrogen) atoms. The highest BCUT2D eigenvalue weighted by atomic mass is 35.5. The SMILES string of the molecule is COc1cccc(CCNc2cc(Nc3ccc(Cl)cc3C)ncn2)c1. The zero-order valence-corrected chi connectivity index (χ0v) is 15.5. The fraction of sp³-hybridized carbons (Fsp3) is 0.200. The molecule has 0 saturated heterocycles. The number of nitrogens with zero attached hydrogens (tertiary/aromatic N) is 2. The van der Waals surface area contributed by atoms with Gasteiger partial charge in [0, 0.05) is 23.3 Å². The zero-order valence-electron chi connectivity index (χ0n) is 14.8. The van der Waals surface area contributed by atoms with Crippen molar-refractivity contribution in [3.8, 4) is 5.75 Å². The molecule has 0 atom stereocenters. The summed E-state index contributed by atoms with van der Waals surface area (Å²) in [6, 6.07) is 15.7. The molecule has 0 amide bonds. The van der Waals surface area contributed by atoms with Crippen LogP contribution in [0.25, 0.3) is 0 Å². The monoisotopic (exact) mass is 368 g/mol. The van der Waals surface area contributed by atoms with Gasteiger partial charge < -0.3 is 15.4 Å². The summed E-state index contributed by atoms with van der Waals surface area (Å²) in [5.74, 6) is 2.38. The van der Waals surface area contributed by atoms with Gasteiger partial charge >= 0.3 is 0 Å². The molecule has 3 rings (SSSR count). The van der Waals surface area contributed by atoms with Gasteiger partial charge in [-0.25, -0.2) is 9.97 Å². The first kappa shape index (κ1) is 18.0. The van der Waals surface area contributed by atoms with Crippen LogP contribution >= 0.6 is 11.6 Å². The second-order valence-corrected chi connectivity index (χ2v) is 6.34. The van der Waals surface area contributed by atoms with Gasteiger partial charge in [0.05, 0.1) is 7.11 Å². The Morgan fingerprint density at radius 3 is 2.69 bits per heavy atom. The fourth-order valence-electron chi connectivity index (χ4n) is 2.59. The molecule has 3 aromatic rings. The van der Waals surface area contributed by atoms with E-state index in [4.69, 9.17) is 16.3 Å². The van der Waals surface area contributed by atoms with E-state index in [1.165, 1.54) is 5.56 Å². The summed E-state index contributed by atoms with van der Waals surface area (Å²) < 4.78 is 5.25. The van der Waals surface area contributed by atoms with Crippen LogP contribution < -0.4 is 15.4 Å². The third kappa shape index (κ3) is 4.86. The number of nitrogens with one attached hydrogen (secondary N) is 2. The maximum Gasteiger partial charge on any atom is 0.135 e. The molecule has 0 fully saturated rings. The van der Waals surface area contributed by atoms with Gasteiger partial charge in [-0.3, -0.25) is 0 Å². The summed E-state index contributed by atoms with van der Waals surface area (Å²) in [7, 11) is 1.68. The molecule has 2 N–H and O–H groups in total. The molecule has 0 saturated carbocycles. The number of methoxy groups -OCH3 is 1. The van der Waals surface area contributed by atoms with Gasteiger partial charge in [-0.15, -0.1) is 0 Å². The second-order valence-electron chi connectivity index (χ2n) is 5.90. The first-order valence-electron chi connectivity index (χ1n) is 8.36. The minimum atomic E-state index is 0.718. The number of anilines is 3. The Morgan fingerprint density at radius 1 is 1.04 bits per heavy atom. The number of hydrogen-bond acceptors (Lipinski definition) is 5. The normalized spacial score (nSPS) is 10.4. The quantitative estimate of drug-likeness (QED) is 0.624. The Labute approximate surface area is 158 Å². The van der Waals surface area contributed by atoms with Crippen LogP contribution in [0.5, 0.6) is 5.75 Å². The van der Waals surface area contributed by atoms with Crippen molar-refractivity contribution in [2.75, 3.05) is 24.3 Å². The van der Waals surface area contributed by atoms with E-state index in [1.807, 2.05) is 49.4 Å². The van der Waals surface area contributed by atoms with E-state index in [1.54, 1.807) is 13.4 Å². The predicted octanol–water partition coefficient (Wildman–Crippen LogP) is 4.85. The zero-order chi connectivity index (χ0) is 18.4. The standard InChI is InChI=1S/C20H21ClN4O/c1-14-10-16(21)6-7-18(14)25-20-12-19(23-13-24-20)22-9-8-15-4-3-5-17(11-15)26-2/h3-7,10-13H,8-9H2,1-2H3,(H2,22,23,24,25). The number of ether oxygens (including phenoxy) is 1. The largest absolute Gasteiger partial charge is 0.497 e. The Morgan fingerprint density at radius 2 is 1.88 bits per heavy atom. The number of aromatic nitrogens is 2. The van der Waals surface area contributed by atoms with Crippen molar-refractivity contribution < 1.29 is 4.74 Å². The summed E-state index contributed by atoms with van der Waals surface area (Å²) in [6.45, 7) is 2.77. The Kier molecular flexibility index (Phi) is 5.92. The Balaban J connectivity index is 1.60. The lowest BCUT2D eigenvalue weighted by atomic mass is 10.1. The number of hydrogen-bond donors (Lipinski definition) is 2. The van der Waals surface area contributed by atoms with E-state index in [0.29, 0.717) is 0 Å². The van der Waals surface area contributed by atoms with Gasteiger partial charge in [0.15, 0.2) is 0 Å². The lowest BCUT2D eigenvalue weighted by Gasteiger charge is -2.11. The molecule has 0 aliphatic carbocycles. The fourth-order valence-corrected chi connectivity index (χ4v) is 2.82. The van der Waals surface area contributed by atoms with Crippen LogP contribution in [0.15, 0.2) is 54.9 Å². The van der Waals surface area contributed by atoms with E-state index < -0.39 is 0 Å². The van der Waals surface area contributed by atoms with Crippen molar-refractivity contribution in [2.45, 2.75) is 13.3 Å². The molecule has 0 aliphatic heterocycles. The van der Waals surface area contributed by atoms with E-state index in [0.717, 1.165) is 46.6 Å². The molecular weight excluding hydrogens is 348 g/mol. The number of halogens is 1. The van der Waals surface area contributed by atoms with Gasteiger partial charge in [0.2, 0.25) is 0 Å². The maximum absolute atomic E-state index is 6.00. The van der Waals surface area contributed by atoms with Gasteiger partial charge in [-0.05, 0) is 54.8 Å². The van der Waals surface area contributed by atoms with Crippen LogP contribution in [0, 0.1) is 6.92 Å². The number of benzene rings is 2. The van der Waals surface area contributed by atoms with Crippen LogP contribution in [0.4, 0.5) is 17.3 Å². The topological polar surface area (TPSA) is 59.1 Å². The molecule has 1 heterocycles. The number of aryl methyl sites for hydroxylation is 1. The Hall–Kier alpha value is -2.79. The lowest BCUT2D eigenvalue weighted by molar-refractivity contribution is 0.414. The van der Waals surface area contributed by atoms with Crippen LogP contribution in [0.1, 0.15) is 11.1 Å². The third-order valence-electron chi connectivity index (χ3n) is 3.97. The molecule has 134 valence electrons. The summed E-state index contributed by atoms with van der Waals surface area (Å²) in [5.41, 5.74) is 3.24. The van der Waals surface area contributed by atoms with Crippen LogP contribution in [-0.4, -0.2) is 23.6 Å². The maximum atomic E-state index is 6.00. The van der Waals surface area contributed by atoms with Gasteiger partial charge in [0.25, 0.3) is 0 Å². The van der Waals surface area contributed by atoms with Crippen molar-refractivity contribution >= 4 is 28.9 Å². The summed E-state index contributed by atoms with van der Waals surface area (Å²) in [6.07, 6.45) is 2.42. The van der Waals surface area contributed by atoms with Crippen LogP contribution in [0.3, 0.4) is 0 Å². The molecule has 0 unspecified atom stereocenters. The van der Waals surface area contributed by atoms with Crippen molar-refractivity contribution in [1.82, 2.24) is 9.97 Å². The minimum Gasteiger partial charge on any atom is -0.497 e. The highest BCUT2D eigenvalue weighted by Gasteiger charge is 2.03. The van der Waals surface area contributed by atoms with Crippen molar-refractivity contribution in [3.05, 3.63) is 71.0 Å². The molecule has 0 spiro atoms. The summed E-state index contributed by atoms with van der Waals surface area (Å²) >= 11 is 6.00. The van der Waals surface area contributed by atoms with Gasteiger partial charge in [-0.2, -0.15) is 0 Å². The van der Waals surface area contributed by atoms with E-state index in [-0.39, 0.29) is 0 Å². The van der Waals surface area contributed by atoms with Crippen LogP contribution in [-0.2, 0) is 6.42 Å². The molecule has 0 bridgehead atoms. The molecule has 0 radical (unpaired) electrons. The highest BCUT2D eigenvalue weighted by Crippen LogP contribution is 2.23. The lowest BCUT2D eigenvalue weighted by Crippen LogP contribution is -2.07. The molecular formula is C20H21ClN4O. The van der Waals surface area contributed by atoms with Crippen molar-refractivity contribution in [3.63, 3.8) is 0 Å². The molecule has 1 aromatic heterocycles. The average Bonchev–Trinajstić information content (AvgIpc) is 2.65. The minimum absolute atomic E-state index is 0.718. The highest BCUT2D eigenvalue weighted by molar-refractivity contribution is 6.30.